The van der Waals surface area contributed by atoms with Crippen molar-refractivity contribution >= 4 is 21.6 Å². The molecule has 1 aliphatic rings. The van der Waals surface area contributed by atoms with Crippen LogP contribution < -0.4 is 0 Å². The van der Waals surface area contributed by atoms with E-state index in [9.17, 15) is 8.42 Å². The second-order valence-corrected chi connectivity index (χ2v) is 6.66. The summed E-state index contributed by atoms with van der Waals surface area (Å²) >= 11 is 5.84. The van der Waals surface area contributed by atoms with E-state index in [-0.39, 0.29) is 0 Å². The molecule has 0 saturated carbocycles. The lowest BCUT2D eigenvalue weighted by molar-refractivity contribution is 0.148. The summed E-state index contributed by atoms with van der Waals surface area (Å²) in [4.78, 5) is 0.326. The molecule has 19 heavy (non-hydrogen) atoms. The van der Waals surface area contributed by atoms with E-state index in [1.54, 1.807) is 12.3 Å². The zero-order valence-electron chi connectivity index (χ0n) is 11.0. The lowest BCUT2D eigenvalue weighted by atomic mass is 10.5. The predicted octanol–water partition coefficient (Wildman–Crippen LogP) is 1.66. The summed E-state index contributed by atoms with van der Waals surface area (Å²) in [6.45, 7) is 4.67. The molecule has 0 aliphatic carbocycles. The van der Waals surface area contributed by atoms with Gasteiger partial charge in [0.1, 0.15) is 4.90 Å². The first-order chi connectivity index (χ1) is 9.09. The van der Waals surface area contributed by atoms with Crippen LogP contribution in [0.15, 0.2) is 17.2 Å². The molecule has 0 spiro atoms. The number of aromatic nitrogens is 1. The number of nitrogens with zero attached hydrogens (tertiary/aromatic N) is 2. The number of alkyl halides is 1. The van der Waals surface area contributed by atoms with Crippen molar-refractivity contribution in [3.63, 3.8) is 0 Å². The largest absolute Gasteiger partial charge is 0.380 e. The van der Waals surface area contributed by atoms with Crippen LogP contribution in [0.25, 0.3) is 0 Å². The van der Waals surface area contributed by atoms with Gasteiger partial charge in [0, 0.05) is 38.1 Å². The Morgan fingerprint density at radius 1 is 1.37 bits per heavy atom. The van der Waals surface area contributed by atoms with Gasteiger partial charge in [-0.05, 0) is 19.4 Å². The summed E-state index contributed by atoms with van der Waals surface area (Å²) in [6.07, 6.45) is 2.40. The number of rotatable bonds is 4. The quantitative estimate of drug-likeness (QED) is 0.795. The first kappa shape index (κ1) is 14.8. The zero-order chi connectivity index (χ0) is 13.9. The van der Waals surface area contributed by atoms with Crippen molar-refractivity contribution in [3.8, 4) is 0 Å². The van der Waals surface area contributed by atoms with Crippen molar-refractivity contribution < 1.29 is 13.2 Å². The molecule has 0 bridgehead atoms. The molecule has 1 saturated heterocycles. The Balaban J connectivity index is 2.30. The standard InChI is InChI=1S/C12H19ClN2O3S/c1-2-14-10-12(8-11(14)9-13)19(16,17)15-4-3-6-18-7-5-15/h8,10H,2-7,9H2,1H3. The number of aryl methyl sites for hydroxylation is 1. The van der Waals surface area contributed by atoms with Gasteiger partial charge in [0.2, 0.25) is 10.0 Å². The summed E-state index contributed by atoms with van der Waals surface area (Å²) in [6, 6.07) is 1.66. The van der Waals surface area contributed by atoms with Gasteiger partial charge in [0.15, 0.2) is 0 Å². The molecule has 5 nitrogen and oxygen atoms in total. The molecule has 0 N–H and O–H groups in total. The zero-order valence-corrected chi connectivity index (χ0v) is 12.6. The second kappa shape index (κ2) is 6.26. The second-order valence-electron chi connectivity index (χ2n) is 4.46. The Hall–Kier alpha value is -0.560. The van der Waals surface area contributed by atoms with E-state index >= 15 is 0 Å². The van der Waals surface area contributed by atoms with Crippen molar-refractivity contribution in [1.82, 2.24) is 8.87 Å². The molecule has 1 fully saturated rings. The van der Waals surface area contributed by atoms with E-state index in [0.29, 0.717) is 43.6 Å². The first-order valence-electron chi connectivity index (χ1n) is 6.42. The smallest absolute Gasteiger partial charge is 0.244 e. The van der Waals surface area contributed by atoms with Crippen LogP contribution in [0.1, 0.15) is 19.0 Å². The normalized spacial score (nSPS) is 18.4. The highest BCUT2D eigenvalue weighted by Crippen LogP contribution is 2.21. The van der Waals surface area contributed by atoms with E-state index in [4.69, 9.17) is 16.3 Å². The van der Waals surface area contributed by atoms with Gasteiger partial charge in [-0.2, -0.15) is 4.31 Å². The van der Waals surface area contributed by atoms with Crippen LogP contribution in [0.3, 0.4) is 0 Å². The molecule has 0 aromatic carbocycles. The van der Waals surface area contributed by atoms with Crippen LogP contribution in [0.4, 0.5) is 0 Å². The first-order valence-corrected chi connectivity index (χ1v) is 8.40. The van der Waals surface area contributed by atoms with Crippen LogP contribution in [0.2, 0.25) is 0 Å². The Morgan fingerprint density at radius 3 is 2.79 bits per heavy atom. The van der Waals surface area contributed by atoms with Crippen molar-refractivity contribution in [2.45, 2.75) is 30.7 Å². The van der Waals surface area contributed by atoms with Crippen molar-refractivity contribution in [3.05, 3.63) is 18.0 Å². The minimum atomic E-state index is -3.43. The maximum atomic E-state index is 12.6. The molecule has 0 amide bonds. The highest BCUT2D eigenvalue weighted by Gasteiger charge is 2.27. The summed E-state index contributed by atoms with van der Waals surface area (Å²) < 4.78 is 33.8. The Labute approximate surface area is 119 Å². The molecule has 1 aromatic rings. The molecule has 2 rings (SSSR count). The number of ether oxygens (including phenoxy) is 1. The lowest BCUT2D eigenvalue weighted by Gasteiger charge is -2.18. The summed E-state index contributed by atoms with van der Waals surface area (Å²) in [5.74, 6) is 0.312. The molecule has 0 atom stereocenters. The molecule has 7 heteroatoms. The molecule has 1 aliphatic heterocycles. The molecular formula is C12H19ClN2O3S. The fourth-order valence-corrected chi connectivity index (χ4v) is 3.94. The number of hydrogen-bond acceptors (Lipinski definition) is 3. The minimum absolute atomic E-state index is 0.312. The number of halogens is 1. The molecule has 2 heterocycles. The van der Waals surface area contributed by atoms with Gasteiger partial charge in [-0.3, -0.25) is 0 Å². The third-order valence-electron chi connectivity index (χ3n) is 3.26. The maximum Gasteiger partial charge on any atom is 0.244 e. The number of hydrogen-bond donors (Lipinski definition) is 0. The van der Waals surface area contributed by atoms with Crippen LogP contribution in [-0.4, -0.2) is 43.6 Å². The highest BCUT2D eigenvalue weighted by atomic mass is 35.5. The molecular weight excluding hydrogens is 288 g/mol. The van der Waals surface area contributed by atoms with Gasteiger partial charge in [-0.1, -0.05) is 0 Å². The Morgan fingerprint density at radius 2 is 2.16 bits per heavy atom. The van der Waals surface area contributed by atoms with Crippen LogP contribution in [-0.2, 0) is 27.2 Å². The van der Waals surface area contributed by atoms with Gasteiger partial charge in [-0.25, -0.2) is 8.42 Å². The van der Waals surface area contributed by atoms with Gasteiger partial charge >= 0.3 is 0 Å². The molecule has 1 aromatic heterocycles. The highest BCUT2D eigenvalue weighted by molar-refractivity contribution is 7.89. The van der Waals surface area contributed by atoms with E-state index in [2.05, 4.69) is 0 Å². The molecule has 0 radical (unpaired) electrons. The van der Waals surface area contributed by atoms with Crippen LogP contribution in [0.5, 0.6) is 0 Å². The summed E-state index contributed by atoms with van der Waals surface area (Å²) in [5.41, 5.74) is 0.828. The topological polar surface area (TPSA) is 51.5 Å². The predicted molar refractivity (Wildman–Crippen MR) is 73.9 cm³/mol. The lowest BCUT2D eigenvalue weighted by Crippen LogP contribution is -2.33. The van der Waals surface area contributed by atoms with Crippen molar-refractivity contribution in [2.24, 2.45) is 0 Å². The van der Waals surface area contributed by atoms with Gasteiger partial charge in [-0.15, -0.1) is 11.6 Å². The summed E-state index contributed by atoms with van der Waals surface area (Å²) in [7, 11) is -3.43. The van der Waals surface area contributed by atoms with E-state index in [0.717, 1.165) is 12.1 Å². The van der Waals surface area contributed by atoms with Gasteiger partial charge in [0.05, 0.1) is 12.5 Å². The van der Waals surface area contributed by atoms with Gasteiger partial charge < -0.3 is 9.30 Å². The summed E-state index contributed by atoms with van der Waals surface area (Å²) in [5, 5.41) is 0. The third-order valence-corrected chi connectivity index (χ3v) is 5.40. The fourth-order valence-electron chi connectivity index (χ4n) is 2.18. The van der Waals surface area contributed by atoms with E-state index in [1.807, 2.05) is 11.5 Å². The minimum Gasteiger partial charge on any atom is -0.380 e. The Kier molecular flexibility index (Phi) is 4.89. The van der Waals surface area contributed by atoms with Crippen LogP contribution >= 0.6 is 11.6 Å². The Bertz CT molecular complexity index is 498. The maximum absolute atomic E-state index is 12.6. The number of sulfonamides is 1. The van der Waals surface area contributed by atoms with E-state index in [1.165, 1.54) is 4.31 Å². The van der Waals surface area contributed by atoms with Crippen LogP contribution in [0, 0.1) is 0 Å². The van der Waals surface area contributed by atoms with Gasteiger partial charge in [0.25, 0.3) is 0 Å². The fraction of sp³-hybridized carbons (Fsp3) is 0.667. The third kappa shape index (κ3) is 3.13. The molecule has 108 valence electrons. The average molecular weight is 307 g/mol. The van der Waals surface area contributed by atoms with E-state index < -0.39 is 10.0 Å². The molecule has 0 unspecified atom stereocenters. The monoisotopic (exact) mass is 306 g/mol. The van der Waals surface area contributed by atoms with Crippen molar-refractivity contribution in [1.29, 1.82) is 0 Å². The van der Waals surface area contributed by atoms with Crippen molar-refractivity contribution in [2.75, 3.05) is 26.3 Å². The SMILES string of the molecule is CCn1cc(S(=O)(=O)N2CCCOCC2)cc1CCl. The average Bonchev–Trinajstić information content (AvgIpc) is 2.63.